The van der Waals surface area contributed by atoms with Crippen molar-refractivity contribution in [3.8, 4) is 5.75 Å². The van der Waals surface area contributed by atoms with Gasteiger partial charge in [-0.2, -0.15) is 0 Å². The van der Waals surface area contributed by atoms with Crippen molar-refractivity contribution < 1.29 is 9.84 Å². The molecule has 1 aromatic carbocycles. The third-order valence-corrected chi connectivity index (χ3v) is 4.09. The van der Waals surface area contributed by atoms with Crippen molar-refractivity contribution in [1.29, 1.82) is 0 Å². The highest BCUT2D eigenvalue weighted by molar-refractivity contribution is 5.31. The highest BCUT2D eigenvalue weighted by Crippen LogP contribution is 2.25. The van der Waals surface area contributed by atoms with Crippen LogP contribution in [0.5, 0.6) is 5.75 Å². The topological polar surface area (TPSA) is 32.7 Å². The molecule has 2 rings (SSSR count). The van der Waals surface area contributed by atoms with Gasteiger partial charge in [0.05, 0.1) is 5.60 Å². The largest absolute Gasteiger partial charge is 0.492 e. The molecule has 1 aliphatic rings. The summed E-state index contributed by atoms with van der Waals surface area (Å²) < 4.78 is 5.76. The number of hydrogen-bond acceptors (Lipinski definition) is 3. The Bertz CT molecular complexity index is 427. The summed E-state index contributed by atoms with van der Waals surface area (Å²) in [6, 6.07) is 8.35. The number of aliphatic hydroxyl groups is 1. The number of hydrogen-bond donors (Lipinski definition) is 1. The zero-order chi connectivity index (χ0) is 14.8. The average molecular weight is 277 g/mol. The van der Waals surface area contributed by atoms with E-state index in [1.165, 1.54) is 5.56 Å². The van der Waals surface area contributed by atoms with E-state index < -0.39 is 5.60 Å². The van der Waals surface area contributed by atoms with Gasteiger partial charge < -0.3 is 9.84 Å². The highest BCUT2D eigenvalue weighted by Gasteiger charge is 2.38. The molecule has 3 nitrogen and oxygen atoms in total. The van der Waals surface area contributed by atoms with Crippen LogP contribution in [0.4, 0.5) is 0 Å². The molecule has 1 fully saturated rings. The quantitative estimate of drug-likeness (QED) is 0.898. The monoisotopic (exact) mass is 277 g/mol. The summed E-state index contributed by atoms with van der Waals surface area (Å²) in [5.41, 5.74) is 1.05. The third kappa shape index (κ3) is 3.74. The predicted molar refractivity (Wildman–Crippen MR) is 82.3 cm³/mol. The van der Waals surface area contributed by atoms with E-state index in [1.807, 2.05) is 19.1 Å². The van der Waals surface area contributed by atoms with Gasteiger partial charge in [0.1, 0.15) is 12.4 Å². The number of benzene rings is 1. The Labute approximate surface area is 122 Å². The molecule has 1 N–H and O–H groups in total. The number of ether oxygens (including phenoxy) is 1. The molecule has 0 radical (unpaired) electrons. The van der Waals surface area contributed by atoms with Gasteiger partial charge in [-0.3, -0.25) is 4.90 Å². The van der Waals surface area contributed by atoms with E-state index in [9.17, 15) is 5.11 Å². The van der Waals surface area contributed by atoms with E-state index >= 15 is 0 Å². The molecule has 0 spiro atoms. The molecule has 0 atom stereocenters. The van der Waals surface area contributed by atoms with Crippen LogP contribution in [-0.2, 0) is 5.41 Å². The smallest absolute Gasteiger partial charge is 0.119 e. The maximum atomic E-state index is 9.93. The zero-order valence-corrected chi connectivity index (χ0v) is 13.1. The molecule has 1 aliphatic heterocycles. The molecule has 0 amide bonds. The summed E-state index contributed by atoms with van der Waals surface area (Å²) in [5, 5.41) is 9.93. The van der Waals surface area contributed by atoms with E-state index in [0.717, 1.165) is 31.8 Å². The van der Waals surface area contributed by atoms with Gasteiger partial charge in [-0.15, -0.1) is 0 Å². The minimum Gasteiger partial charge on any atom is -0.492 e. The second-order valence-corrected chi connectivity index (χ2v) is 6.91. The second kappa shape index (κ2) is 5.74. The molecule has 1 heterocycles. The lowest BCUT2D eigenvalue weighted by atomic mass is 9.87. The van der Waals surface area contributed by atoms with Crippen molar-refractivity contribution in [2.45, 2.75) is 45.1 Å². The molecule has 0 aliphatic carbocycles. The molecule has 1 saturated heterocycles. The van der Waals surface area contributed by atoms with E-state index in [0.29, 0.717) is 6.61 Å². The second-order valence-electron chi connectivity index (χ2n) is 6.91. The minimum absolute atomic E-state index is 0.181. The van der Waals surface area contributed by atoms with Crippen LogP contribution in [0, 0.1) is 0 Å². The maximum absolute atomic E-state index is 9.93. The third-order valence-electron chi connectivity index (χ3n) is 4.09. The normalized spacial score (nSPS) is 18.6. The summed E-state index contributed by atoms with van der Waals surface area (Å²) in [7, 11) is 0. The molecule has 0 unspecified atom stereocenters. The number of β-amino-alcohol motifs (C(OH)–C–C–N with tert-alkyl or cyclic N) is 1. The Hall–Kier alpha value is -1.06. The first-order valence-electron chi connectivity index (χ1n) is 7.50. The Balaban J connectivity index is 1.73. The van der Waals surface area contributed by atoms with Crippen molar-refractivity contribution in [3.05, 3.63) is 29.8 Å². The minimum atomic E-state index is -0.450. The molecular weight excluding hydrogens is 250 g/mol. The van der Waals surface area contributed by atoms with Gasteiger partial charge in [-0.05, 0) is 29.5 Å². The van der Waals surface area contributed by atoms with Gasteiger partial charge >= 0.3 is 0 Å². The van der Waals surface area contributed by atoms with Crippen LogP contribution < -0.4 is 4.74 Å². The van der Waals surface area contributed by atoms with Crippen LogP contribution in [0.15, 0.2) is 24.3 Å². The van der Waals surface area contributed by atoms with Crippen LogP contribution in [-0.4, -0.2) is 41.8 Å². The highest BCUT2D eigenvalue weighted by atomic mass is 16.5. The summed E-state index contributed by atoms with van der Waals surface area (Å²) in [6.45, 7) is 11.8. The lowest BCUT2D eigenvalue weighted by molar-refractivity contribution is -0.102. The van der Waals surface area contributed by atoms with Crippen molar-refractivity contribution in [3.63, 3.8) is 0 Å². The van der Waals surface area contributed by atoms with Gasteiger partial charge in [0.2, 0.25) is 0 Å². The molecule has 0 saturated carbocycles. The van der Waals surface area contributed by atoms with Crippen LogP contribution in [0.1, 0.15) is 39.7 Å². The molecule has 0 aromatic heterocycles. The van der Waals surface area contributed by atoms with Crippen LogP contribution in [0.25, 0.3) is 0 Å². The lowest BCUT2D eigenvalue weighted by Gasteiger charge is -2.46. The van der Waals surface area contributed by atoms with Crippen LogP contribution in [0.3, 0.4) is 0 Å². The Morgan fingerprint density at radius 1 is 1.20 bits per heavy atom. The average Bonchev–Trinajstić information content (AvgIpc) is 2.36. The van der Waals surface area contributed by atoms with Gasteiger partial charge in [-0.1, -0.05) is 39.8 Å². The van der Waals surface area contributed by atoms with Gasteiger partial charge in [-0.25, -0.2) is 0 Å². The summed E-state index contributed by atoms with van der Waals surface area (Å²) in [5.74, 6) is 0.921. The first-order chi connectivity index (χ1) is 9.32. The predicted octanol–water partition coefficient (Wildman–Crippen LogP) is 2.82. The molecule has 20 heavy (non-hydrogen) atoms. The lowest BCUT2D eigenvalue weighted by Crippen LogP contribution is -2.61. The first-order valence-corrected chi connectivity index (χ1v) is 7.50. The van der Waals surface area contributed by atoms with Crippen molar-refractivity contribution in [2.75, 3.05) is 26.2 Å². The molecule has 0 bridgehead atoms. The van der Waals surface area contributed by atoms with Crippen molar-refractivity contribution >= 4 is 0 Å². The first kappa shape index (κ1) is 15.3. The van der Waals surface area contributed by atoms with E-state index in [4.69, 9.17) is 4.74 Å². The molecular formula is C17H27NO2. The fourth-order valence-corrected chi connectivity index (χ4v) is 2.51. The number of rotatable bonds is 5. The molecule has 1 aromatic rings. The van der Waals surface area contributed by atoms with Gasteiger partial charge in [0.15, 0.2) is 0 Å². The summed E-state index contributed by atoms with van der Waals surface area (Å²) in [6.07, 6.45) is 0.832. The number of nitrogens with zero attached hydrogens (tertiary/aromatic N) is 1. The number of likely N-dealkylation sites (tertiary alicyclic amines) is 1. The van der Waals surface area contributed by atoms with E-state index in [2.05, 4.69) is 37.8 Å². The van der Waals surface area contributed by atoms with Crippen molar-refractivity contribution in [2.24, 2.45) is 0 Å². The Morgan fingerprint density at radius 2 is 1.80 bits per heavy atom. The van der Waals surface area contributed by atoms with Gasteiger partial charge in [0.25, 0.3) is 0 Å². The Morgan fingerprint density at radius 3 is 2.30 bits per heavy atom. The maximum Gasteiger partial charge on any atom is 0.119 e. The van der Waals surface area contributed by atoms with E-state index in [1.54, 1.807) is 0 Å². The summed E-state index contributed by atoms with van der Waals surface area (Å²) >= 11 is 0. The van der Waals surface area contributed by atoms with E-state index in [-0.39, 0.29) is 5.41 Å². The van der Waals surface area contributed by atoms with Crippen LogP contribution >= 0.6 is 0 Å². The van der Waals surface area contributed by atoms with Gasteiger partial charge in [0, 0.05) is 19.6 Å². The van der Waals surface area contributed by atoms with Crippen LogP contribution in [0.2, 0.25) is 0 Å². The zero-order valence-electron chi connectivity index (χ0n) is 13.1. The molecule has 3 heteroatoms. The summed E-state index contributed by atoms with van der Waals surface area (Å²) in [4.78, 5) is 2.23. The fourth-order valence-electron chi connectivity index (χ4n) is 2.51. The molecule has 112 valence electrons. The van der Waals surface area contributed by atoms with Crippen molar-refractivity contribution in [1.82, 2.24) is 4.90 Å². The standard InChI is InChI=1S/C17H27NO2/c1-5-17(19)12-18(13-17)10-11-20-15-8-6-14(7-9-15)16(2,3)4/h6-9,19H,5,10-13H2,1-4H3. The Kier molecular flexibility index (Phi) is 4.40. The fraction of sp³-hybridized carbons (Fsp3) is 0.647. The SMILES string of the molecule is CCC1(O)CN(CCOc2ccc(C(C)(C)C)cc2)C1.